The number of nitrogens with zero attached hydrogens (tertiary/aromatic N) is 1. The van der Waals surface area contributed by atoms with Gasteiger partial charge in [-0.15, -0.1) is 0 Å². The molecular weight excluding hydrogens is 235 g/mol. The second-order valence-corrected chi connectivity index (χ2v) is 4.58. The van der Waals surface area contributed by atoms with Gasteiger partial charge in [0, 0.05) is 6.54 Å². The average molecular weight is 253 g/mol. The lowest BCUT2D eigenvalue weighted by Gasteiger charge is -2.33. The summed E-state index contributed by atoms with van der Waals surface area (Å²) in [7, 11) is 0. The Kier molecular flexibility index (Phi) is 4.80. The first kappa shape index (κ1) is 14.3. The largest absolute Gasteiger partial charge is 0.481 e. The zero-order chi connectivity index (χ0) is 13.1. The standard InChI is InChI=1S/C11H18F3NO2/c1-2-8-3-5-15(6-4-8)7-9(10(16)17)11(12,13)14/h8-9H,2-7H2,1H3,(H,16,17). The summed E-state index contributed by atoms with van der Waals surface area (Å²) in [6.07, 6.45) is -1.90. The minimum atomic E-state index is -4.66. The van der Waals surface area contributed by atoms with Crippen LogP contribution < -0.4 is 0 Å². The minimum absolute atomic E-state index is 0.421. The van der Waals surface area contributed by atoms with Crippen molar-refractivity contribution in [1.82, 2.24) is 4.90 Å². The Morgan fingerprint density at radius 2 is 1.94 bits per heavy atom. The molecule has 1 fully saturated rings. The maximum atomic E-state index is 12.5. The first-order valence-electron chi connectivity index (χ1n) is 5.86. The van der Waals surface area contributed by atoms with Crippen molar-refractivity contribution in [2.24, 2.45) is 11.8 Å². The van der Waals surface area contributed by atoms with Crippen LogP contribution in [0.5, 0.6) is 0 Å². The van der Waals surface area contributed by atoms with Crippen LogP contribution in [0, 0.1) is 11.8 Å². The van der Waals surface area contributed by atoms with Crippen molar-refractivity contribution in [3.63, 3.8) is 0 Å². The quantitative estimate of drug-likeness (QED) is 0.836. The van der Waals surface area contributed by atoms with E-state index in [0.717, 1.165) is 19.3 Å². The predicted octanol–water partition coefficient (Wildman–Crippen LogP) is 2.37. The number of likely N-dealkylation sites (tertiary alicyclic amines) is 1. The Balaban J connectivity index is 2.50. The molecule has 1 unspecified atom stereocenters. The van der Waals surface area contributed by atoms with Gasteiger partial charge in [0.15, 0.2) is 5.92 Å². The van der Waals surface area contributed by atoms with Crippen LogP contribution in [0.15, 0.2) is 0 Å². The first-order valence-corrected chi connectivity index (χ1v) is 5.86. The van der Waals surface area contributed by atoms with Gasteiger partial charge in [-0.2, -0.15) is 13.2 Å². The van der Waals surface area contributed by atoms with E-state index in [9.17, 15) is 18.0 Å². The van der Waals surface area contributed by atoms with Gasteiger partial charge in [-0.05, 0) is 31.8 Å². The molecule has 6 heteroatoms. The molecule has 0 aromatic carbocycles. The molecule has 100 valence electrons. The number of halogens is 3. The second-order valence-electron chi connectivity index (χ2n) is 4.58. The van der Waals surface area contributed by atoms with E-state index in [4.69, 9.17) is 5.11 Å². The number of hydrogen-bond acceptors (Lipinski definition) is 2. The number of alkyl halides is 3. The second kappa shape index (κ2) is 5.71. The molecule has 1 atom stereocenters. The van der Waals surface area contributed by atoms with E-state index in [1.54, 1.807) is 4.90 Å². The van der Waals surface area contributed by atoms with Gasteiger partial charge in [0.25, 0.3) is 0 Å². The van der Waals surface area contributed by atoms with Gasteiger partial charge in [0.1, 0.15) is 0 Å². The van der Waals surface area contributed by atoms with Gasteiger partial charge in [-0.1, -0.05) is 13.3 Å². The highest BCUT2D eigenvalue weighted by Gasteiger charge is 2.46. The number of rotatable bonds is 4. The van der Waals surface area contributed by atoms with Gasteiger partial charge in [-0.3, -0.25) is 4.79 Å². The number of piperidine rings is 1. The fourth-order valence-electron chi connectivity index (χ4n) is 2.16. The molecule has 1 aliphatic heterocycles. The van der Waals surface area contributed by atoms with Gasteiger partial charge >= 0.3 is 12.1 Å². The molecule has 1 rings (SSSR count). The summed E-state index contributed by atoms with van der Waals surface area (Å²) in [5, 5.41) is 8.59. The Morgan fingerprint density at radius 1 is 1.41 bits per heavy atom. The molecule has 0 saturated carbocycles. The fraction of sp³-hybridized carbons (Fsp3) is 0.909. The van der Waals surface area contributed by atoms with E-state index >= 15 is 0 Å². The van der Waals surface area contributed by atoms with Crippen molar-refractivity contribution < 1.29 is 23.1 Å². The number of hydrogen-bond donors (Lipinski definition) is 1. The van der Waals surface area contributed by atoms with E-state index < -0.39 is 24.6 Å². The third kappa shape index (κ3) is 4.18. The van der Waals surface area contributed by atoms with Crippen LogP contribution in [-0.2, 0) is 4.79 Å². The minimum Gasteiger partial charge on any atom is -0.481 e. The summed E-state index contributed by atoms with van der Waals surface area (Å²) in [5.41, 5.74) is 0. The molecule has 0 aromatic heterocycles. The average Bonchev–Trinajstić information content (AvgIpc) is 2.24. The molecule has 0 aromatic rings. The lowest BCUT2D eigenvalue weighted by molar-refractivity contribution is -0.197. The highest BCUT2D eigenvalue weighted by atomic mass is 19.4. The van der Waals surface area contributed by atoms with Crippen LogP contribution in [0.25, 0.3) is 0 Å². The van der Waals surface area contributed by atoms with Crippen molar-refractivity contribution >= 4 is 5.97 Å². The molecule has 0 aliphatic carbocycles. The van der Waals surface area contributed by atoms with E-state index in [0.29, 0.717) is 19.0 Å². The number of carbonyl (C=O) groups is 1. The molecule has 0 radical (unpaired) electrons. The van der Waals surface area contributed by atoms with Crippen molar-refractivity contribution in [1.29, 1.82) is 0 Å². The number of carboxylic acids is 1. The lowest BCUT2D eigenvalue weighted by atomic mass is 9.94. The zero-order valence-electron chi connectivity index (χ0n) is 9.83. The fourth-order valence-corrected chi connectivity index (χ4v) is 2.16. The summed E-state index contributed by atoms with van der Waals surface area (Å²) in [6.45, 7) is 2.78. The van der Waals surface area contributed by atoms with Crippen LogP contribution in [0.1, 0.15) is 26.2 Å². The maximum Gasteiger partial charge on any atom is 0.403 e. The van der Waals surface area contributed by atoms with Crippen LogP contribution in [0.2, 0.25) is 0 Å². The van der Waals surface area contributed by atoms with Crippen molar-refractivity contribution in [2.75, 3.05) is 19.6 Å². The Labute approximate surface area is 98.6 Å². The summed E-state index contributed by atoms with van der Waals surface area (Å²) in [4.78, 5) is 12.2. The zero-order valence-corrected chi connectivity index (χ0v) is 9.83. The Bertz CT molecular complexity index is 260. The summed E-state index contributed by atoms with van der Waals surface area (Å²) < 4.78 is 37.4. The number of aliphatic carboxylic acids is 1. The SMILES string of the molecule is CCC1CCN(CC(C(=O)O)C(F)(F)F)CC1. The number of carboxylic acid groups (broad SMARTS) is 1. The van der Waals surface area contributed by atoms with Crippen LogP contribution in [-0.4, -0.2) is 41.8 Å². The molecule has 0 amide bonds. The smallest absolute Gasteiger partial charge is 0.403 e. The van der Waals surface area contributed by atoms with E-state index in [1.807, 2.05) is 0 Å². The molecule has 3 nitrogen and oxygen atoms in total. The molecule has 0 spiro atoms. The van der Waals surface area contributed by atoms with Gasteiger partial charge < -0.3 is 10.0 Å². The van der Waals surface area contributed by atoms with E-state index in [-0.39, 0.29) is 0 Å². The lowest BCUT2D eigenvalue weighted by Crippen LogP contribution is -2.44. The topological polar surface area (TPSA) is 40.5 Å². The molecule has 1 aliphatic rings. The monoisotopic (exact) mass is 253 g/mol. The molecule has 1 N–H and O–H groups in total. The highest BCUT2D eigenvalue weighted by molar-refractivity contribution is 5.71. The molecule has 1 saturated heterocycles. The van der Waals surface area contributed by atoms with Crippen LogP contribution >= 0.6 is 0 Å². The van der Waals surface area contributed by atoms with Crippen LogP contribution in [0.3, 0.4) is 0 Å². The first-order chi connectivity index (χ1) is 7.84. The maximum absolute atomic E-state index is 12.5. The third-order valence-electron chi connectivity index (χ3n) is 3.42. The van der Waals surface area contributed by atoms with Gasteiger partial charge in [0.05, 0.1) is 0 Å². The van der Waals surface area contributed by atoms with Crippen molar-refractivity contribution in [3.8, 4) is 0 Å². The summed E-state index contributed by atoms with van der Waals surface area (Å²) in [6, 6.07) is 0. The third-order valence-corrected chi connectivity index (χ3v) is 3.42. The highest BCUT2D eigenvalue weighted by Crippen LogP contribution is 2.29. The molecular formula is C11H18F3NO2. The van der Waals surface area contributed by atoms with Crippen LogP contribution in [0.4, 0.5) is 13.2 Å². The van der Waals surface area contributed by atoms with E-state index in [1.165, 1.54) is 0 Å². The van der Waals surface area contributed by atoms with Gasteiger partial charge in [-0.25, -0.2) is 0 Å². The molecule has 17 heavy (non-hydrogen) atoms. The normalized spacial score (nSPS) is 21.4. The molecule has 1 heterocycles. The molecule has 0 bridgehead atoms. The summed E-state index contributed by atoms with van der Waals surface area (Å²) in [5.74, 6) is -3.48. The van der Waals surface area contributed by atoms with E-state index in [2.05, 4.69) is 6.92 Å². The predicted molar refractivity (Wildman–Crippen MR) is 56.6 cm³/mol. The summed E-state index contributed by atoms with van der Waals surface area (Å²) >= 11 is 0. The Morgan fingerprint density at radius 3 is 2.29 bits per heavy atom. The van der Waals surface area contributed by atoms with Gasteiger partial charge in [0.2, 0.25) is 0 Å². The van der Waals surface area contributed by atoms with Crippen molar-refractivity contribution in [3.05, 3.63) is 0 Å². The van der Waals surface area contributed by atoms with Crippen molar-refractivity contribution in [2.45, 2.75) is 32.4 Å². The Hall–Kier alpha value is -0.780.